The molecule has 1 aromatic heterocycles. The van der Waals surface area contributed by atoms with E-state index in [-0.39, 0.29) is 5.97 Å². The maximum Gasteiger partial charge on any atom is 0.341 e. The van der Waals surface area contributed by atoms with Crippen LogP contribution in [0.1, 0.15) is 35.7 Å². The predicted molar refractivity (Wildman–Crippen MR) is 107 cm³/mol. The summed E-state index contributed by atoms with van der Waals surface area (Å²) in [6.07, 6.45) is 2.09. The third-order valence-corrected chi connectivity index (χ3v) is 6.91. The number of piperazine rings is 1. The molecular weight excluding hydrogens is 350 g/mol. The Hall–Kier alpha value is -1.31. The van der Waals surface area contributed by atoms with Crippen LogP contribution in [0.3, 0.4) is 0 Å². The van der Waals surface area contributed by atoms with E-state index in [0.717, 1.165) is 74.9 Å². The highest BCUT2D eigenvalue weighted by atomic mass is 32.1. The van der Waals surface area contributed by atoms with E-state index in [2.05, 4.69) is 35.6 Å². The van der Waals surface area contributed by atoms with Crippen molar-refractivity contribution < 1.29 is 14.3 Å². The third-order valence-electron chi connectivity index (χ3n) is 5.52. The number of nitrogens with zero attached hydrogens (tertiary/aromatic N) is 3. The van der Waals surface area contributed by atoms with Gasteiger partial charge in [-0.2, -0.15) is 0 Å². The van der Waals surface area contributed by atoms with E-state index in [4.69, 9.17) is 9.47 Å². The molecule has 0 aromatic carbocycles. The van der Waals surface area contributed by atoms with Gasteiger partial charge in [0, 0.05) is 57.5 Å². The molecule has 0 N–H and O–H groups in total. The Labute approximate surface area is 160 Å². The quantitative estimate of drug-likeness (QED) is 0.731. The second kappa shape index (κ2) is 8.59. The van der Waals surface area contributed by atoms with Crippen LogP contribution in [0.4, 0.5) is 10.0 Å². The summed E-state index contributed by atoms with van der Waals surface area (Å²) in [5.41, 5.74) is 1.81. The lowest BCUT2D eigenvalue weighted by Crippen LogP contribution is -2.44. The molecule has 6 nitrogen and oxygen atoms in total. The van der Waals surface area contributed by atoms with Gasteiger partial charge in [0.05, 0.1) is 17.7 Å². The van der Waals surface area contributed by atoms with Crippen LogP contribution in [0.25, 0.3) is 0 Å². The summed E-state index contributed by atoms with van der Waals surface area (Å²) in [4.78, 5) is 19.7. The van der Waals surface area contributed by atoms with Gasteiger partial charge in [0.1, 0.15) is 5.00 Å². The molecule has 26 heavy (non-hydrogen) atoms. The molecule has 0 radical (unpaired) electrons. The van der Waals surface area contributed by atoms with Gasteiger partial charge in [-0.25, -0.2) is 4.79 Å². The van der Waals surface area contributed by atoms with Crippen LogP contribution < -0.4 is 9.80 Å². The smallest absolute Gasteiger partial charge is 0.341 e. The highest BCUT2D eigenvalue weighted by Gasteiger charge is 2.31. The average molecular weight is 382 g/mol. The van der Waals surface area contributed by atoms with Crippen molar-refractivity contribution in [1.82, 2.24) is 4.90 Å². The van der Waals surface area contributed by atoms with Crippen molar-refractivity contribution in [3.63, 3.8) is 0 Å². The van der Waals surface area contributed by atoms with E-state index in [9.17, 15) is 4.79 Å². The topological polar surface area (TPSA) is 45.2 Å². The first kappa shape index (κ1) is 19.5. The Morgan fingerprint density at radius 2 is 1.92 bits per heavy atom. The molecule has 7 heteroatoms. The number of ether oxygens (including phenoxy) is 2. The number of carbonyl (C=O) groups excluding carboxylic acids is 1. The van der Waals surface area contributed by atoms with Crippen LogP contribution in [0.2, 0.25) is 0 Å². The molecule has 2 saturated heterocycles. The first-order valence-electron chi connectivity index (χ1n) is 9.56. The molecule has 3 heterocycles. The molecule has 2 fully saturated rings. The summed E-state index contributed by atoms with van der Waals surface area (Å²) >= 11 is 1.76. The molecular formula is C19H31N3O3S. The molecule has 146 valence electrons. The standard InChI is InChI=1S/C19H31N3O3S/c1-5-22(15-6-12-25-13-7-15)17-14(2)16(19(23)24-4)18(26-17)21-10-8-20(3)9-11-21/h15H,5-13H2,1-4H3. The predicted octanol–water partition coefficient (Wildman–Crippen LogP) is 2.60. The second-order valence-corrected chi connectivity index (χ2v) is 8.10. The number of hydrogen-bond acceptors (Lipinski definition) is 7. The fourth-order valence-corrected chi connectivity index (χ4v) is 5.38. The number of carbonyl (C=O) groups is 1. The van der Waals surface area contributed by atoms with Gasteiger partial charge in [0.25, 0.3) is 0 Å². The summed E-state index contributed by atoms with van der Waals surface area (Å²) in [6.45, 7) is 10.8. The van der Waals surface area contributed by atoms with Crippen molar-refractivity contribution in [3.05, 3.63) is 11.1 Å². The van der Waals surface area contributed by atoms with Gasteiger partial charge in [-0.05, 0) is 33.7 Å². The van der Waals surface area contributed by atoms with Crippen LogP contribution in [0.5, 0.6) is 0 Å². The summed E-state index contributed by atoms with van der Waals surface area (Å²) in [6, 6.07) is 0.483. The van der Waals surface area contributed by atoms with Crippen LogP contribution in [-0.2, 0) is 9.47 Å². The van der Waals surface area contributed by atoms with Crippen LogP contribution in [0, 0.1) is 6.92 Å². The van der Waals surface area contributed by atoms with Crippen LogP contribution in [-0.4, -0.2) is 77.0 Å². The van der Waals surface area contributed by atoms with Crippen LogP contribution in [0.15, 0.2) is 0 Å². The first-order chi connectivity index (χ1) is 12.6. The van der Waals surface area contributed by atoms with Gasteiger partial charge in [-0.1, -0.05) is 11.3 Å². The van der Waals surface area contributed by atoms with Crippen molar-refractivity contribution in [2.75, 3.05) is 69.9 Å². The number of anilines is 2. The van der Waals surface area contributed by atoms with E-state index in [1.165, 1.54) is 12.1 Å². The van der Waals surface area contributed by atoms with Crippen molar-refractivity contribution >= 4 is 27.3 Å². The van der Waals surface area contributed by atoms with Crippen molar-refractivity contribution in [1.29, 1.82) is 0 Å². The Kier molecular flexibility index (Phi) is 6.42. The Morgan fingerprint density at radius 3 is 2.50 bits per heavy atom. The van der Waals surface area contributed by atoms with Gasteiger partial charge in [0.2, 0.25) is 0 Å². The fourth-order valence-electron chi connectivity index (χ4n) is 3.90. The van der Waals surface area contributed by atoms with Crippen molar-refractivity contribution in [2.24, 2.45) is 0 Å². The zero-order chi connectivity index (χ0) is 18.7. The molecule has 0 bridgehead atoms. The number of thiophene rings is 1. The van der Waals surface area contributed by atoms with Gasteiger partial charge in [-0.15, -0.1) is 0 Å². The zero-order valence-electron chi connectivity index (χ0n) is 16.4. The minimum Gasteiger partial charge on any atom is -0.465 e. The molecule has 0 saturated carbocycles. The molecule has 2 aliphatic rings. The van der Waals surface area contributed by atoms with Gasteiger partial charge < -0.3 is 24.2 Å². The average Bonchev–Trinajstić information content (AvgIpc) is 3.00. The van der Waals surface area contributed by atoms with Gasteiger partial charge >= 0.3 is 5.97 Å². The lowest BCUT2D eigenvalue weighted by molar-refractivity contribution is 0.0601. The number of hydrogen-bond donors (Lipinski definition) is 0. The van der Waals surface area contributed by atoms with Gasteiger partial charge in [0.15, 0.2) is 0 Å². The first-order valence-corrected chi connectivity index (χ1v) is 10.4. The maximum atomic E-state index is 12.6. The Balaban J connectivity index is 1.96. The maximum absolute atomic E-state index is 12.6. The minimum atomic E-state index is -0.220. The molecule has 0 unspecified atom stereocenters. The van der Waals surface area contributed by atoms with E-state index in [0.29, 0.717) is 6.04 Å². The lowest BCUT2D eigenvalue weighted by Gasteiger charge is -2.35. The summed E-state index contributed by atoms with van der Waals surface area (Å²) in [5.74, 6) is -0.220. The fraction of sp³-hybridized carbons (Fsp3) is 0.737. The van der Waals surface area contributed by atoms with E-state index >= 15 is 0 Å². The molecule has 1 aromatic rings. The Morgan fingerprint density at radius 1 is 1.27 bits per heavy atom. The molecule has 2 aliphatic heterocycles. The summed E-state index contributed by atoms with van der Waals surface area (Å²) in [5, 5.41) is 2.29. The van der Waals surface area contributed by atoms with Crippen LogP contribution >= 0.6 is 11.3 Å². The van der Waals surface area contributed by atoms with Crippen molar-refractivity contribution in [3.8, 4) is 0 Å². The summed E-state index contributed by atoms with van der Waals surface area (Å²) < 4.78 is 10.7. The molecule has 3 rings (SSSR count). The van der Waals surface area contributed by atoms with Gasteiger partial charge in [-0.3, -0.25) is 0 Å². The number of rotatable bonds is 5. The normalized spacial score (nSPS) is 19.6. The Bertz CT molecular complexity index is 620. The van der Waals surface area contributed by atoms with E-state index in [1.54, 1.807) is 11.3 Å². The number of methoxy groups -OCH3 is 1. The monoisotopic (exact) mass is 381 g/mol. The molecule has 0 spiro atoms. The van der Waals surface area contributed by atoms with Crippen molar-refractivity contribution in [2.45, 2.75) is 32.7 Å². The molecule has 0 aliphatic carbocycles. The number of esters is 1. The SMILES string of the molecule is CCN(c1sc(N2CCN(C)CC2)c(C(=O)OC)c1C)C1CCOCC1. The zero-order valence-corrected chi connectivity index (χ0v) is 17.2. The largest absolute Gasteiger partial charge is 0.465 e. The summed E-state index contributed by atoms with van der Waals surface area (Å²) in [7, 11) is 3.62. The second-order valence-electron chi connectivity index (χ2n) is 7.12. The highest BCUT2D eigenvalue weighted by molar-refractivity contribution is 7.20. The molecule has 0 amide bonds. The third kappa shape index (κ3) is 3.85. The lowest BCUT2D eigenvalue weighted by atomic mass is 10.1. The molecule has 0 atom stereocenters. The van der Waals surface area contributed by atoms with E-state index in [1.807, 2.05) is 0 Å². The van der Waals surface area contributed by atoms with E-state index < -0.39 is 0 Å². The highest BCUT2D eigenvalue weighted by Crippen LogP contribution is 2.43. The number of likely N-dealkylation sites (N-methyl/N-ethyl adjacent to an activating group) is 1. The minimum absolute atomic E-state index is 0.220.